The van der Waals surface area contributed by atoms with Crippen LogP contribution in [0.25, 0.3) is 0 Å². The summed E-state index contributed by atoms with van der Waals surface area (Å²) in [7, 11) is 0. The second kappa shape index (κ2) is 8.97. The third-order valence-corrected chi connectivity index (χ3v) is 4.68. The molecule has 1 saturated carbocycles. The molecular weight excluding hydrogens is 270 g/mol. The largest absolute Gasteiger partial charge is 0.326 e. The molecule has 2 nitrogen and oxygen atoms in total. The Bertz CT molecular complexity index is 449. The quantitative estimate of drug-likeness (QED) is 0.766. The van der Waals surface area contributed by atoms with E-state index in [9.17, 15) is 4.79 Å². The number of hydrogen-bond donors (Lipinski definition) is 1. The van der Waals surface area contributed by atoms with Gasteiger partial charge in [0.2, 0.25) is 5.91 Å². The third-order valence-electron chi connectivity index (χ3n) is 4.68. The number of carbonyl (C=O) groups is 1. The molecule has 0 aliphatic heterocycles. The van der Waals surface area contributed by atoms with E-state index < -0.39 is 0 Å². The van der Waals surface area contributed by atoms with Crippen molar-refractivity contribution in [2.75, 3.05) is 5.32 Å². The predicted octanol–water partition coefficient (Wildman–Crippen LogP) is 5.67. The van der Waals surface area contributed by atoms with Gasteiger partial charge in [0.25, 0.3) is 0 Å². The molecule has 1 fully saturated rings. The summed E-state index contributed by atoms with van der Waals surface area (Å²) in [6.45, 7) is 12.8. The van der Waals surface area contributed by atoms with Gasteiger partial charge in [-0.3, -0.25) is 4.79 Å². The van der Waals surface area contributed by atoms with Crippen molar-refractivity contribution in [1.82, 2.24) is 0 Å². The Morgan fingerprint density at radius 3 is 2.27 bits per heavy atom. The van der Waals surface area contributed by atoms with Crippen LogP contribution in [0, 0.1) is 30.6 Å². The first kappa shape index (κ1) is 18.7. The average molecular weight is 303 g/mol. The Labute approximate surface area is 136 Å². The summed E-state index contributed by atoms with van der Waals surface area (Å²) >= 11 is 0. The summed E-state index contributed by atoms with van der Waals surface area (Å²) in [6, 6.07) is 8.06. The number of amides is 1. The summed E-state index contributed by atoms with van der Waals surface area (Å²) in [4.78, 5) is 12.6. The van der Waals surface area contributed by atoms with Crippen molar-refractivity contribution < 1.29 is 4.79 Å². The minimum Gasteiger partial charge on any atom is -0.326 e. The second-order valence-electron chi connectivity index (χ2n) is 6.79. The minimum absolute atomic E-state index is 0.167. The fourth-order valence-corrected chi connectivity index (χ4v) is 3.38. The molecular formula is C20H33NO. The topological polar surface area (TPSA) is 29.1 Å². The molecule has 0 bridgehead atoms. The minimum atomic E-state index is 0.167. The van der Waals surface area contributed by atoms with Gasteiger partial charge in [0.1, 0.15) is 0 Å². The van der Waals surface area contributed by atoms with E-state index >= 15 is 0 Å². The van der Waals surface area contributed by atoms with Crippen LogP contribution in [0.1, 0.15) is 59.4 Å². The maximum absolute atomic E-state index is 12.6. The Hall–Kier alpha value is -1.31. The normalized spacial score (nSPS) is 24.4. The highest BCUT2D eigenvalue weighted by Crippen LogP contribution is 2.38. The third kappa shape index (κ3) is 5.15. The maximum Gasteiger partial charge on any atom is 0.227 e. The first-order chi connectivity index (χ1) is 10.5. The standard InChI is InChI=1S/C18H27NO.C2H6/c1-12(2)16-10-7-14(4)11-17(16)18(20)19-15-8-5-13(3)6-9-15;1-2/h5-6,8-9,12,14,16-17H,7,10-11H2,1-4H3,(H,19,20);1-2H3. The molecule has 1 aliphatic rings. The van der Waals surface area contributed by atoms with E-state index in [0.717, 1.165) is 12.1 Å². The van der Waals surface area contributed by atoms with Crippen LogP contribution >= 0.6 is 0 Å². The Kier molecular flexibility index (Phi) is 7.64. The van der Waals surface area contributed by atoms with E-state index in [4.69, 9.17) is 0 Å². The molecule has 3 unspecified atom stereocenters. The zero-order valence-corrected chi connectivity index (χ0v) is 15.1. The lowest BCUT2D eigenvalue weighted by Crippen LogP contribution is -2.36. The van der Waals surface area contributed by atoms with Gasteiger partial charge in [-0.05, 0) is 49.7 Å². The highest BCUT2D eigenvalue weighted by Gasteiger charge is 2.35. The van der Waals surface area contributed by atoms with Crippen LogP contribution in [0.3, 0.4) is 0 Å². The van der Waals surface area contributed by atoms with E-state index in [1.165, 1.54) is 18.4 Å². The van der Waals surface area contributed by atoms with Crippen molar-refractivity contribution in [3.05, 3.63) is 29.8 Å². The number of anilines is 1. The van der Waals surface area contributed by atoms with E-state index in [-0.39, 0.29) is 11.8 Å². The molecule has 124 valence electrons. The molecule has 0 heterocycles. The van der Waals surface area contributed by atoms with Crippen molar-refractivity contribution in [2.24, 2.45) is 23.7 Å². The number of rotatable bonds is 3. The highest BCUT2D eigenvalue weighted by molar-refractivity contribution is 5.92. The number of benzene rings is 1. The average Bonchev–Trinajstić information content (AvgIpc) is 2.51. The van der Waals surface area contributed by atoms with Crippen molar-refractivity contribution >= 4 is 11.6 Å². The van der Waals surface area contributed by atoms with E-state index in [1.807, 2.05) is 38.1 Å². The van der Waals surface area contributed by atoms with Crippen LogP contribution in [0.5, 0.6) is 0 Å². The van der Waals surface area contributed by atoms with E-state index in [0.29, 0.717) is 17.8 Å². The van der Waals surface area contributed by atoms with Crippen LogP contribution in [0.2, 0.25) is 0 Å². The van der Waals surface area contributed by atoms with Gasteiger partial charge in [0, 0.05) is 11.6 Å². The van der Waals surface area contributed by atoms with Gasteiger partial charge in [-0.2, -0.15) is 0 Å². The molecule has 0 aromatic heterocycles. The first-order valence-corrected chi connectivity index (χ1v) is 8.85. The molecule has 0 saturated heterocycles. The first-order valence-electron chi connectivity index (χ1n) is 8.85. The monoisotopic (exact) mass is 303 g/mol. The molecule has 3 atom stereocenters. The van der Waals surface area contributed by atoms with Gasteiger partial charge in [0.05, 0.1) is 0 Å². The SMILES string of the molecule is CC.Cc1ccc(NC(=O)C2CC(C)CCC2C(C)C)cc1. The van der Waals surface area contributed by atoms with Crippen LogP contribution < -0.4 is 5.32 Å². The highest BCUT2D eigenvalue weighted by atomic mass is 16.1. The molecule has 1 amide bonds. The molecule has 1 N–H and O–H groups in total. The summed E-state index contributed by atoms with van der Waals surface area (Å²) in [5.41, 5.74) is 2.13. The summed E-state index contributed by atoms with van der Waals surface area (Å²) in [6.07, 6.45) is 3.47. The zero-order valence-electron chi connectivity index (χ0n) is 15.1. The van der Waals surface area contributed by atoms with Crippen molar-refractivity contribution in [3.8, 4) is 0 Å². The van der Waals surface area contributed by atoms with Crippen molar-refractivity contribution in [3.63, 3.8) is 0 Å². The summed E-state index contributed by atoms with van der Waals surface area (Å²) in [5, 5.41) is 3.11. The fraction of sp³-hybridized carbons (Fsp3) is 0.650. The van der Waals surface area contributed by atoms with Gasteiger partial charge in [0.15, 0.2) is 0 Å². The molecule has 2 heteroatoms. The van der Waals surface area contributed by atoms with Crippen LogP contribution in [-0.2, 0) is 4.79 Å². The summed E-state index contributed by atoms with van der Waals surface area (Å²) < 4.78 is 0. The lowest BCUT2D eigenvalue weighted by Gasteiger charge is -2.36. The molecule has 22 heavy (non-hydrogen) atoms. The number of hydrogen-bond acceptors (Lipinski definition) is 1. The number of aryl methyl sites for hydroxylation is 1. The van der Waals surface area contributed by atoms with Gasteiger partial charge in [-0.1, -0.05) is 58.7 Å². The molecule has 2 rings (SSSR count). The smallest absolute Gasteiger partial charge is 0.227 e. The molecule has 1 aromatic rings. The Balaban J connectivity index is 0.00000116. The number of nitrogens with one attached hydrogen (secondary N) is 1. The predicted molar refractivity (Wildman–Crippen MR) is 96.0 cm³/mol. The lowest BCUT2D eigenvalue weighted by molar-refractivity contribution is -0.123. The van der Waals surface area contributed by atoms with E-state index in [1.54, 1.807) is 0 Å². The maximum atomic E-state index is 12.6. The molecule has 0 radical (unpaired) electrons. The Morgan fingerprint density at radius 1 is 1.14 bits per heavy atom. The van der Waals surface area contributed by atoms with Gasteiger partial charge < -0.3 is 5.32 Å². The van der Waals surface area contributed by atoms with Crippen molar-refractivity contribution in [1.29, 1.82) is 0 Å². The van der Waals surface area contributed by atoms with E-state index in [2.05, 4.69) is 33.0 Å². The molecule has 1 aliphatic carbocycles. The van der Waals surface area contributed by atoms with Gasteiger partial charge in [-0.25, -0.2) is 0 Å². The van der Waals surface area contributed by atoms with Gasteiger partial charge >= 0.3 is 0 Å². The lowest BCUT2D eigenvalue weighted by atomic mass is 9.70. The van der Waals surface area contributed by atoms with Gasteiger partial charge in [-0.15, -0.1) is 0 Å². The molecule has 1 aromatic carbocycles. The Morgan fingerprint density at radius 2 is 1.73 bits per heavy atom. The zero-order chi connectivity index (χ0) is 16.7. The van der Waals surface area contributed by atoms with Crippen LogP contribution in [0.4, 0.5) is 5.69 Å². The van der Waals surface area contributed by atoms with Crippen LogP contribution in [0.15, 0.2) is 24.3 Å². The second-order valence-corrected chi connectivity index (χ2v) is 6.79. The van der Waals surface area contributed by atoms with Crippen LogP contribution in [-0.4, -0.2) is 5.91 Å². The fourth-order valence-electron chi connectivity index (χ4n) is 3.38. The van der Waals surface area contributed by atoms with Crippen molar-refractivity contribution in [2.45, 2.75) is 60.8 Å². The molecule has 0 spiro atoms. The number of carbonyl (C=O) groups excluding carboxylic acids is 1. The summed E-state index contributed by atoms with van der Waals surface area (Å²) in [5.74, 6) is 2.14.